The summed E-state index contributed by atoms with van der Waals surface area (Å²) < 4.78 is 34.3. The minimum absolute atomic E-state index is 0. The second-order valence-corrected chi connectivity index (χ2v) is 6.57. The lowest BCUT2D eigenvalue weighted by atomic mass is 10.2. The zero-order chi connectivity index (χ0) is 19.6. The lowest BCUT2D eigenvalue weighted by molar-refractivity contribution is -0.0498. The van der Waals surface area contributed by atoms with E-state index in [4.69, 9.17) is 9.73 Å². The van der Waals surface area contributed by atoms with Gasteiger partial charge in [-0.25, -0.2) is 0 Å². The van der Waals surface area contributed by atoms with Crippen LogP contribution in [-0.4, -0.2) is 74.9 Å². The van der Waals surface area contributed by atoms with Crippen LogP contribution in [0.1, 0.15) is 19.4 Å². The summed E-state index contributed by atoms with van der Waals surface area (Å²) in [5.74, 6) is 0.988. The first-order chi connectivity index (χ1) is 13.0. The van der Waals surface area contributed by atoms with Crippen molar-refractivity contribution in [1.82, 2.24) is 15.1 Å². The van der Waals surface area contributed by atoms with Gasteiger partial charge in [-0.15, -0.1) is 24.0 Å². The maximum atomic E-state index is 12.2. The zero-order valence-corrected chi connectivity index (χ0v) is 19.1. The van der Waals surface area contributed by atoms with E-state index in [0.29, 0.717) is 19.1 Å². The SMILES string of the molecule is CCNC(=NCC(C)N1CCOCC1)N(C)Cc1ccc(OC(F)F)cc1.I. The molecule has 0 aromatic heterocycles. The summed E-state index contributed by atoms with van der Waals surface area (Å²) >= 11 is 0. The molecule has 0 spiro atoms. The molecule has 1 fully saturated rings. The highest BCUT2D eigenvalue weighted by Gasteiger charge is 2.17. The van der Waals surface area contributed by atoms with E-state index in [9.17, 15) is 8.78 Å². The van der Waals surface area contributed by atoms with Crippen molar-refractivity contribution in [3.8, 4) is 5.75 Å². The Hall–Kier alpha value is -1.20. The number of morpholine rings is 1. The third-order valence-corrected chi connectivity index (χ3v) is 4.44. The van der Waals surface area contributed by atoms with Gasteiger partial charge in [0.15, 0.2) is 5.96 Å². The first-order valence-electron chi connectivity index (χ1n) is 9.34. The first kappa shape index (κ1) is 24.8. The number of guanidine groups is 1. The summed E-state index contributed by atoms with van der Waals surface area (Å²) in [6.45, 7) is 6.94. The van der Waals surface area contributed by atoms with Crippen LogP contribution in [-0.2, 0) is 11.3 Å². The Morgan fingerprint density at radius 2 is 1.93 bits per heavy atom. The highest BCUT2D eigenvalue weighted by molar-refractivity contribution is 14.0. The average Bonchev–Trinajstić information content (AvgIpc) is 2.66. The number of benzene rings is 1. The van der Waals surface area contributed by atoms with Gasteiger partial charge in [0.1, 0.15) is 5.75 Å². The Bertz CT molecular complexity index is 584. The maximum Gasteiger partial charge on any atom is 0.387 e. The summed E-state index contributed by atoms with van der Waals surface area (Å²) in [5.41, 5.74) is 0.992. The number of rotatable bonds is 8. The molecule has 1 atom stereocenters. The molecule has 1 aromatic rings. The number of ether oxygens (including phenoxy) is 2. The molecule has 28 heavy (non-hydrogen) atoms. The second kappa shape index (κ2) is 13.1. The van der Waals surface area contributed by atoms with Crippen LogP contribution in [0.3, 0.4) is 0 Å². The van der Waals surface area contributed by atoms with E-state index in [1.165, 1.54) is 0 Å². The van der Waals surface area contributed by atoms with E-state index in [-0.39, 0.29) is 29.7 Å². The van der Waals surface area contributed by atoms with Crippen LogP contribution >= 0.6 is 24.0 Å². The van der Waals surface area contributed by atoms with E-state index in [0.717, 1.165) is 44.4 Å². The van der Waals surface area contributed by atoms with E-state index in [1.54, 1.807) is 24.3 Å². The number of aliphatic imine (C=N–C) groups is 1. The van der Waals surface area contributed by atoms with Gasteiger partial charge in [-0.2, -0.15) is 8.78 Å². The molecule has 1 aromatic carbocycles. The smallest absolute Gasteiger partial charge is 0.387 e. The molecule has 1 N–H and O–H groups in total. The Balaban J connectivity index is 0.00000392. The molecular formula is C19H31F2IN4O2. The lowest BCUT2D eigenvalue weighted by Gasteiger charge is -2.32. The molecule has 160 valence electrons. The number of nitrogens with one attached hydrogen (secondary N) is 1. The van der Waals surface area contributed by atoms with Crippen molar-refractivity contribution in [2.24, 2.45) is 4.99 Å². The summed E-state index contributed by atoms with van der Waals surface area (Å²) in [6.07, 6.45) is 0. The third kappa shape index (κ3) is 8.44. The third-order valence-electron chi connectivity index (χ3n) is 4.44. The molecule has 0 bridgehead atoms. The number of hydrogen-bond acceptors (Lipinski definition) is 4. The van der Waals surface area contributed by atoms with E-state index < -0.39 is 6.61 Å². The highest BCUT2D eigenvalue weighted by atomic mass is 127. The lowest BCUT2D eigenvalue weighted by Crippen LogP contribution is -2.44. The van der Waals surface area contributed by atoms with Crippen molar-refractivity contribution < 1.29 is 18.3 Å². The number of nitrogens with zero attached hydrogens (tertiary/aromatic N) is 3. The van der Waals surface area contributed by atoms with Crippen molar-refractivity contribution in [3.05, 3.63) is 29.8 Å². The molecule has 1 heterocycles. The molecule has 0 radical (unpaired) electrons. The summed E-state index contributed by atoms with van der Waals surface area (Å²) in [4.78, 5) is 9.18. The minimum atomic E-state index is -2.81. The normalized spacial score (nSPS) is 16.4. The Kier molecular flexibility index (Phi) is 11.6. The van der Waals surface area contributed by atoms with Crippen LogP contribution in [0.5, 0.6) is 5.75 Å². The van der Waals surface area contributed by atoms with Crippen LogP contribution in [0.2, 0.25) is 0 Å². The standard InChI is InChI=1S/C19H30F2N4O2.HI/c1-4-22-19(23-13-15(2)25-9-11-26-12-10-25)24(3)14-16-5-7-17(8-6-16)27-18(20)21;/h5-8,15,18H,4,9-14H2,1-3H3,(H,22,23);1H. The van der Waals surface area contributed by atoms with Crippen molar-refractivity contribution in [2.45, 2.75) is 33.0 Å². The van der Waals surface area contributed by atoms with Gasteiger partial charge in [0.25, 0.3) is 0 Å². The van der Waals surface area contributed by atoms with E-state index >= 15 is 0 Å². The molecule has 9 heteroatoms. The van der Waals surface area contributed by atoms with Gasteiger partial charge in [-0.3, -0.25) is 9.89 Å². The fraction of sp³-hybridized carbons (Fsp3) is 0.632. The molecule has 1 saturated heterocycles. The summed E-state index contributed by atoms with van der Waals surface area (Å²) in [6, 6.07) is 7.03. The van der Waals surface area contributed by atoms with E-state index in [2.05, 4.69) is 21.9 Å². The van der Waals surface area contributed by atoms with Gasteiger partial charge < -0.3 is 19.7 Å². The quantitative estimate of drug-likeness (QED) is 0.330. The van der Waals surface area contributed by atoms with Gasteiger partial charge in [0.05, 0.1) is 19.8 Å². The van der Waals surface area contributed by atoms with Crippen LogP contribution in [0.15, 0.2) is 29.3 Å². The first-order valence-corrected chi connectivity index (χ1v) is 9.34. The predicted molar refractivity (Wildman–Crippen MR) is 118 cm³/mol. The van der Waals surface area contributed by atoms with E-state index in [1.807, 2.05) is 18.9 Å². The van der Waals surface area contributed by atoms with Crippen molar-refractivity contribution in [1.29, 1.82) is 0 Å². The zero-order valence-electron chi connectivity index (χ0n) is 16.7. The van der Waals surface area contributed by atoms with Crippen molar-refractivity contribution in [3.63, 3.8) is 0 Å². The van der Waals surface area contributed by atoms with Gasteiger partial charge in [0, 0.05) is 39.3 Å². The van der Waals surface area contributed by atoms with Gasteiger partial charge in [0.2, 0.25) is 0 Å². The summed E-state index contributed by atoms with van der Waals surface area (Å²) in [7, 11) is 1.96. The highest BCUT2D eigenvalue weighted by Crippen LogP contribution is 2.16. The number of hydrogen-bond donors (Lipinski definition) is 1. The molecule has 1 aliphatic heterocycles. The molecular weight excluding hydrogens is 481 g/mol. The molecule has 1 aliphatic rings. The van der Waals surface area contributed by atoms with Crippen LogP contribution < -0.4 is 10.1 Å². The summed E-state index contributed by atoms with van der Waals surface area (Å²) in [5, 5.41) is 3.31. The molecule has 1 unspecified atom stereocenters. The van der Waals surface area contributed by atoms with Crippen LogP contribution in [0, 0.1) is 0 Å². The second-order valence-electron chi connectivity index (χ2n) is 6.57. The largest absolute Gasteiger partial charge is 0.435 e. The van der Waals surface area contributed by atoms with Crippen molar-refractivity contribution >= 4 is 29.9 Å². The van der Waals surface area contributed by atoms with Crippen LogP contribution in [0.4, 0.5) is 8.78 Å². The minimum Gasteiger partial charge on any atom is -0.435 e. The van der Waals surface area contributed by atoms with Gasteiger partial charge in [-0.05, 0) is 31.5 Å². The topological polar surface area (TPSA) is 49.3 Å². The fourth-order valence-electron chi connectivity index (χ4n) is 2.95. The molecule has 2 rings (SSSR count). The molecule has 0 aliphatic carbocycles. The monoisotopic (exact) mass is 512 g/mol. The fourth-order valence-corrected chi connectivity index (χ4v) is 2.95. The van der Waals surface area contributed by atoms with Gasteiger partial charge in [-0.1, -0.05) is 12.1 Å². The molecule has 0 amide bonds. The Labute approximate surface area is 183 Å². The maximum absolute atomic E-state index is 12.2. The number of alkyl halides is 2. The Morgan fingerprint density at radius 3 is 2.50 bits per heavy atom. The number of halogens is 3. The average molecular weight is 512 g/mol. The predicted octanol–water partition coefficient (Wildman–Crippen LogP) is 3.02. The van der Waals surface area contributed by atoms with Crippen molar-refractivity contribution in [2.75, 3.05) is 46.4 Å². The Morgan fingerprint density at radius 1 is 1.29 bits per heavy atom. The van der Waals surface area contributed by atoms with Gasteiger partial charge >= 0.3 is 6.61 Å². The molecule has 6 nitrogen and oxygen atoms in total. The van der Waals surface area contributed by atoms with Crippen LogP contribution in [0.25, 0.3) is 0 Å². The molecule has 0 saturated carbocycles.